The predicted octanol–water partition coefficient (Wildman–Crippen LogP) is 0.397. The highest BCUT2D eigenvalue weighted by atomic mass is 16.3. The third-order valence-corrected chi connectivity index (χ3v) is 2.17. The number of likely N-dealkylation sites (N-methyl/N-ethyl adjacent to an activating group) is 1. The lowest BCUT2D eigenvalue weighted by atomic mass is 10.3. The molecule has 0 aliphatic rings. The molecule has 0 rings (SSSR count). The Balaban J connectivity index is 3.49. The molecule has 80 valence electrons. The van der Waals surface area contributed by atoms with Crippen molar-refractivity contribution in [3.63, 3.8) is 0 Å². The number of quaternary nitrogens is 1. The predicted molar refractivity (Wildman–Crippen MR) is 56.7 cm³/mol. The van der Waals surface area contributed by atoms with Gasteiger partial charge in [-0.05, 0) is 6.54 Å². The summed E-state index contributed by atoms with van der Waals surface area (Å²) in [4.78, 5) is 2.29. The molecule has 0 bridgehead atoms. The summed E-state index contributed by atoms with van der Waals surface area (Å²) in [7, 11) is 6.63. The van der Waals surface area contributed by atoms with Crippen molar-refractivity contribution in [1.82, 2.24) is 4.90 Å². The van der Waals surface area contributed by atoms with Crippen molar-refractivity contribution < 1.29 is 9.59 Å². The van der Waals surface area contributed by atoms with E-state index in [4.69, 9.17) is 5.11 Å². The second-order valence-electron chi connectivity index (χ2n) is 4.53. The third-order valence-electron chi connectivity index (χ3n) is 2.17. The van der Waals surface area contributed by atoms with Gasteiger partial charge in [-0.15, -0.1) is 0 Å². The fourth-order valence-electron chi connectivity index (χ4n) is 1.34. The Morgan fingerprint density at radius 2 is 1.77 bits per heavy atom. The van der Waals surface area contributed by atoms with Crippen LogP contribution < -0.4 is 0 Å². The van der Waals surface area contributed by atoms with Crippen LogP contribution in [-0.4, -0.2) is 68.4 Å². The van der Waals surface area contributed by atoms with E-state index in [0.29, 0.717) is 0 Å². The Kier molecular flexibility index (Phi) is 6.29. The molecule has 1 N–H and O–H groups in total. The first-order valence-electron chi connectivity index (χ1n) is 5.13. The van der Waals surface area contributed by atoms with Crippen molar-refractivity contribution in [2.24, 2.45) is 0 Å². The molecule has 13 heavy (non-hydrogen) atoms. The molecule has 0 heterocycles. The zero-order chi connectivity index (χ0) is 10.3. The van der Waals surface area contributed by atoms with Gasteiger partial charge in [-0.1, -0.05) is 6.92 Å². The van der Waals surface area contributed by atoms with Gasteiger partial charge in [-0.25, -0.2) is 0 Å². The normalized spacial score (nSPS) is 12.5. The lowest BCUT2D eigenvalue weighted by Gasteiger charge is -2.26. The highest BCUT2D eigenvalue weighted by Crippen LogP contribution is 1.96. The van der Waals surface area contributed by atoms with Crippen LogP contribution >= 0.6 is 0 Å². The first kappa shape index (κ1) is 12.9. The molecule has 0 amide bonds. The Bertz CT molecular complexity index is 121. The van der Waals surface area contributed by atoms with E-state index in [9.17, 15) is 0 Å². The van der Waals surface area contributed by atoms with E-state index in [-0.39, 0.29) is 6.61 Å². The lowest BCUT2D eigenvalue weighted by molar-refractivity contribution is -0.870. The molecule has 0 saturated heterocycles. The topological polar surface area (TPSA) is 23.5 Å². The minimum absolute atomic E-state index is 0.276. The largest absolute Gasteiger partial charge is 0.395 e. The summed E-state index contributed by atoms with van der Waals surface area (Å²) < 4.78 is 1.02. The fraction of sp³-hybridized carbons (Fsp3) is 1.00. The van der Waals surface area contributed by atoms with Gasteiger partial charge in [0.1, 0.15) is 0 Å². The van der Waals surface area contributed by atoms with Gasteiger partial charge in [-0.3, -0.25) is 0 Å². The maximum absolute atomic E-state index is 8.78. The van der Waals surface area contributed by atoms with E-state index < -0.39 is 0 Å². The third kappa shape index (κ3) is 8.22. The number of hydrogen-bond donors (Lipinski definition) is 1. The monoisotopic (exact) mass is 189 g/mol. The number of hydrogen-bond acceptors (Lipinski definition) is 2. The molecule has 0 saturated carbocycles. The molecule has 3 nitrogen and oxygen atoms in total. The second kappa shape index (κ2) is 6.35. The van der Waals surface area contributed by atoms with E-state index in [1.165, 1.54) is 13.0 Å². The Hall–Kier alpha value is -0.120. The van der Waals surface area contributed by atoms with Crippen molar-refractivity contribution >= 4 is 0 Å². The van der Waals surface area contributed by atoms with E-state index in [1.54, 1.807) is 0 Å². The quantitative estimate of drug-likeness (QED) is 0.586. The molecule has 0 aromatic carbocycles. The van der Waals surface area contributed by atoms with E-state index in [2.05, 4.69) is 33.0 Å². The van der Waals surface area contributed by atoms with Gasteiger partial charge in [-0.2, -0.15) is 0 Å². The molecule has 0 aliphatic heterocycles. The highest BCUT2D eigenvalue weighted by Gasteiger charge is 2.07. The molecular weight excluding hydrogens is 164 g/mol. The minimum atomic E-state index is 0.276. The molecule has 0 radical (unpaired) electrons. The zero-order valence-electron chi connectivity index (χ0n) is 9.58. The summed E-state index contributed by atoms with van der Waals surface area (Å²) in [5.41, 5.74) is 0. The minimum Gasteiger partial charge on any atom is -0.395 e. The molecule has 3 heteroatoms. The number of aliphatic hydroxyl groups is 1. The van der Waals surface area contributed by atoms with Gasteiger partial charge in [0.25, 0.3) is 0 Å². The fourth-order valence-corrected chi connectivity index (χ4v) is 1.34. The molecule has 0 aromatic rings. The van der Waals surface area contributed by atoms with Gasteiger partial charge in [0.2, 0.25) is 0 Å². The van der Waals surface area contributed by atoms with Crippen molar-refractivity contribution in [1.29, 1.82) is 0 Å². The first-order chi connectivity index (χ1) is 5.99. The van der Waals surface area contributed by atoms with Gasteiger partial charge in [0.15, 0.2) is 0 Å². The summed E-state index contributed by atoms with van der Waals surface area (Å²) in [5, 5.41) is 8.78. The van der Waals surface area contributed by atoms with Crippen molar-refractivity contribution in [2.45, 2.75) is 13.3 Å². The van der Waals surface area contributed by atoms with Crippen LogP contribution in [0.2, 0.25) is 0 Å². The second-order valence-corrected chi connectivity index (χ2v) is 4.53. The van der Waals surface area contributed by atoms with Gasteiger partial charge < -0.3 is 14.5 Å². The first-order valence-corrected chi connectivity index (χ1v) is 5.13. The van der Waals surface area contributed by atoms with Crippen LogP contribution in [0, 0.1) is 0 Å². The average Bonchev–Trinajstić information content (AvgIpc) is 2.01. The van der Waals surface area contributed by atoms with Crippen LogP contribution in [0.15, 0.2) is 0 Å². The van der Waals surface area contributed by atoms with Crippen LogP contribution in [0.5, 0.6) is 0 Å². The summed E-state index contributed by atoms with van der Waals surface area (Å²) in [6, 6.07) is 0. The van der Waals surface area contributed by atoms with E-state index in [1.807, 2.05) is 0 Å². The van der Waals surface area contributed by atoms with Crippen molar-refractivity contribution in [2.75, 3.05) is 53.9 Å². The van der Waals surface area contributed by atoms with Gasteiger partial charge >= 0.3 is 0 Å². The van der Waals surface area contributed by atoms with Gasteiger partial charge in [0, 0.05) is 19.5 Å². The highest BCUT2D eigenvalue weighted by molar-refractivity contribution is 4.53. The zero-order valence-corrected chi connectivity index (χ0v) is 9.58. The maximum Gasteiger partial charge on any atom is 0.0792 e. The molecule has 0 spiro atoms. The van der Waals surface area contributed by atoms with Crippen LogP contribution in [-0.2, 0) is 0 Å². The SMILES string of the molecule is CCN(CCO)CCC[N+](C)(C)C. The Morgan fingerprint density at radius 1 is 1.15 bits per heavy atom. The van der Waals surface area contributed by atoms with Crippen LogP contribution in [0.25, 0.3) is 0 Å². The van der Waals surface area contributed by atoms with E-state index in [0.717, 1.165) is 24.1 Å². The Morgan fingerprint density at radius 3 is 2.15 bits per heavy atom. The van der Waals surface area contributed by atoms with Crippen LogP contribution in [0.1, 0.15) is 13.3 Å². The molecule has 0 aromatic heterocycles. The lowest BCUT2D eigenvalue weighted by Crippen LogP contribution is -2.38. The summed E-state index contributed by atoms with van der Waals surface area (Å²) in [5.74, 6) is 0. The molecule has 0 unspecified atom stereocenters. The van der Waals surface area contributed by atoms with Crippen molar-refractivity contribution in [3.05, 3.63) is 0 Å². The molecule has 0 fully saturated rings. The summed E-state index contributed by atoms with van der Waals surface area (Å²) in [6.45, 7) is 6.57. The molecule has 0 aliphatic carbocycles. The average molecular weight is 189 g/mol. The smallest absolute Gasteiger partial charge is 0.0792 e. The number of rotatable bonds is 7. The summed E-state index contributed by atoms with van der Waals surface area (Å²) >= 11 is 0. The maximum atomic E-state index is 8.78. The van der Waals surface area contributed by atoms with Crippen molar-refractivity contribution in [3.8, 4) is 0 Å². The number of aliphatic hydroxyl groups excluding tert-OH is 1. The molecule has 0 atom stereocenters. The number of nitrogens with zero attached hydrogens (tertiary/aromatic N) is 2. The van der Waals surface area contributed by atoms with Crippen LogP contribution in [0.4, 0.5) is 0 Å². The van der Waals surface area contributed by atoms with Gasteiger partial charge in [0.05, 0.1) is 34.3 Å². The van der Waals surface area contributed by atoms with E-state index >= 15 is 0 Å². The molecular formula is C10H25N2O+. The summed E-state index contributed by atoms with van der Waals surface area (Å²) in [6.07, 6.45) is 1.21. The van der Waals surface area contributed by atoms with Crippen LogP contribution in [0.3, 0.4) is 0 Å². The Labute approximate surface area is 82.5 Å². The standard InChI is InChI=1S/C10H25N2O/c1-5-11(8-10-13)7-6-9-12(2,3)4/h13H,5-10H2,1-4H3/q+1.